The molecule has 8 atom stereocenters. The van der Waals surface area contributed by atoms with Gasteiger partial charge in [0, 0.05) is 47.8 Å². The highest BCUT2D eigenvalue weighted by molar-refractivity contribution is 8.03. The molecule has 234 valence electrons. The molecule has 0 aromatic heterocycles. The number of nitrogens with two attached hydrogens (primary N) is 1. The summed E-state index contributed by atoms with van der Waals surface area (Å²) in [7, 11) is 0. The van der Waals surface area contributed by atoms with Gasteiger partial charge in [-0.15, -0.1) is 11.8 Å². The second-order valence-corrected chi connectivity index (χ2v) is 13.4. The molecule has 4 heterocycles. The van der Waals surface area contributed by atoms with Crippen LogP contribution in [0.2, 0.25) is 0 Å². The number of carboxylic acids is 1. The Labute approximate surface area is 247 Å². The number of hydrogen-bond donors (Lipinski definition) is 5. The van der Waals surface area contributed by atoms with Gasteiger partial charge >= 0.3 is 12.4 Å². The first-order valence-electron chi connectivity index (χ1n) is 14.3. The highest BCUT2D eigenvalue weighted by Crippen LogP contribution is 2.51. The molecule has 0 aromatic carbocycles. The van der Waals surface area contributed by atoms with Crippen molar-refractivity contribution in [1.29, 1.82) is 0 Å². The fraction of sp³-hybridized carbons (Fsp3) is 0.741. The number of β-lactam (4-membered cyclic amide) rings is 1. The van der Waals surface area contributed by atoms with Crippen molar-refractivity contribution in [2.24, 2.45) is 23.5 Å². The first-order chi connectivity index (χ1) is 19.7. The molecule has 4 aliphatic rings. The summed E-state index contributed by atoms with van der Waals surface area (Å²) in [4.78, 5) is 65.7. The summed E-state index contributed by atoms with van der Waals surface area (Å²) >= 11 is 1.32. The molecule has 0 radical (unpaired) electrons. The number of aliphatic carboxylic acids is 1. The smallest absolute Gasteiger partial charge is 0.353 e. The number of rotatable bonds is 11. The molecule has 4 amide bonds. The van der Waals surface area contributed by atoms with E-state index in [9.17, 15) is 37.9 Å². The number of amides is 4. The van der Waals surface area contributed by atoms with Crippen LogP contribution in [0.4, 0.5) is 8.78 Å². The van der Waals surface area contributed by atoms with Gasteiger partial charge in [-0.1, -0.05) is 20.8 Å². The Kier molecular flexibility index (Phi) is 9.82. The third kappa shape index (κ3) is 6.42. The standard InChI is InChI=1S/C27H40F2N6O6S/c1-11(2)7-16(30)23(36)33-14-5-6-34(10-14)25(38)17-8-15(9-31-17)42-21-12(3)19-18(13(4)32-24(37)22(28)29)26(39)35(19)20(21)27(40)41/h11-19,22,31H,5-10,30H2,1-4H3,(H,32,37)(H,33,36)(H,40,41)/t12-,13?,14+,15+,16?,17+,18-,19-/m1/s1. The van der Waals surface area contributed by atoms with Crippen molar-refractivity contribution < 1.29 is 37.9 Å². The van der Waals surface area contributed by atoms with E-state index < -0.39 is 60.2 Å². The Hall–Kier alpha value is -2.78. The maximum absolute atomic E-state index is 13.3. The summed E-state index contributed by atoms with van der Waals surface area (Å²) in [5.74, 6) is -4.50. The average molecular weight is 615 g/mol. The van der Waals surface area contributed by atoms with Crippen LogP contribution in [0.5, 0.6) is 0 Å². The third-order valence-electron chi connectivity index (χ3n) is 8.49. The van der Waals surface area contributed by atoms with Crippen LogP contribution in [0, 0.1) is 17.8 Å². The molecule has 2 unspecified atom stereocenters. The van der Waals surface area contributed by atoms with E-state index >= 15 is 0 Å². The van der Waals surface area contributed by atoms with E-state index in [1.54, 1.807) is 11.8 Å². The van der Waals surface area contributed by atoms with Crippen molar-refractivity contribution in [3.05, 3.63) is 10.6 Å². The van der Waals surface area contributed by atoms with Crippen LogP contribution in [-0.2, 0) is 24.0 Å². The van der Waals surface area contributed by atoms with E-state index in [1.807, 2.05) is 13.8 Å². The van der Waals surface area contributed by atoms with Gasteiger partial charge in [0.2, 0.25) is 17.7 Å². The lowest BCUT2D eigenvalue weighted by Crippen LogP contribution is -2.66. The van der Waals surface area contributed by atoms with Crippen molar-refractivity contribution in [2.45, 2.75) is 88.8 Å². The molecular weight excluding hydrogens is 574 g/mol. The summed E-state index contributed by atoms with van der Waals surface area (Å²) in [6.07, 6.45) is -1.57. The minimum Gasteiger partial charge on any atom is -0.477 e. The van der Waals surface area contributed by atoms with E-state index in [-0.39, 0.29) is 28.8 Å². The molecule has 6 N–H and O–H groups in total. The van der Waals surface area contributed by atoms with Crippen LogP contribution in [0.1, 0.15) is 47.0 Å². The first-order valence-corrected chi connectivity index (χ1v) is 15.2. The summed E-state index contributed by atoms with van der Waals surface area (Å²) in [5, 5.41) is 18.2. The quantitative estimate of drug-likeness (QED) is 0.202. The zero-order valence-corrected chi connectivity index (χ0v) is 25.0. The van der Waals surface area contributed by atoms with Crippen LogP contribution < -0.4 is 21.7 Å². The molecule has 3 fully saturated rings. The van der Waals surface area contributed by atoms with E-state index in [4.69, 9.17) is 5.73 Å². The van der Waals surface area contributed by atoms with Gasteiger partial charge in [-0.05, 0) is 32.1 Å². The second kappa shape index (κ2) is 12.8. The summed E-state index contributed by atoms with van der Waals surface area (Å²) in [6, 6.07) is -2.70. The molecule has 0 bridgehead atoms. The predicted molar refractivity (Wildman–Crippen MR) is 150 cm³/mol. The number of halogens is 2. The number of alkyl halides is 2. The summed E-state index contributed by atoms with van der Waals surface area (Å²) in [5.41, 5.74) is 5.85. The number of carbonyl (C=O) groups excluding carboxylic acids is 4. The van der Waals surface area contributed by atoms with E-state index in [0.717, 1.165) is 0 Å². The zero-order valence-electron chi connectivity index (χ0n) is 24.1. The van der Waals surface area contributed by atoms with Gasteiger partial charge in [0.05, 0.1) is 24.0 Å². The molecule has 12 nitrogen and oxygen atoms in total. The Balaban J connectivity index is 1.34. The van der Waals surface area contributed by atoms with Crippen LogP contribution in [0.3, 0.4) is 0 Å². The number of nitrogens with zero attached hydrogens (tertiary/aromatic N) is 2. The van der Waals surface area contributed by atoms with E-state index in [1.165, 1.54) is 23.6 Å². The molecule has 0 saturated carbocycles. The van der Waals surface area contributed by atoms with Crippen molar-refractivity contribution in [3.63, 3.8) is 0 Å². The van der Waals surface area contributed by atoms with Gasteiger partial charge in [-0.25, -0.2) is 4.79 Å². The third-order valence-corrected chi connectivity index (χ3v) is 10.0. The number of thioether (sulfide) groups is 1. The van der Waals surface area contributed by atoms with Crippen molar-refractivity contribution >= 4 is 41.4 Å². The molecule has 4 rings (SSSR count). The normalized spacial score (nSPS) is 30.5. The molecule has 3 saturated heterocycles. The van der Waals surface area contributed by atoms with Crippen molar-refractivity contribution in [2.75, 3.05) is 19.6 Å². The minimum absolute atomic E-state index is 0.0871. The number of carboxylic acid groups (broad SMARTS) is 1. The monoisotopic (exact) mass is 614 g/mol. The van der Waals surface area contributed by atoms with E-state index in [2.05, 4.69) is 16.0 Å². The predicted octanol–water partition coefficient (Wildman–Crippen LogP) is 0.0833. The highest BCUT2D eigenvalue weighted by Gasteiger charge is 2.60. The minimum atomic E-state index is -3.22. The van der Waals surface area contributed by atoms with Crippen molar-refractivity contribution in [3.8, 4) is 0 Å². The van der Waals surface area contributed by atoms with Gasteiger partial charge in [0.1, 0.15) is 5.70 Å². The van der Waals surface area contributed by atoms with Gasteiger partial charge in [0.15, 0.2) is 0 Å². The first kappa shape index (κ1) is 32.1. The fourth-order valence-electron chi connectivity index (χ4n) is 6.46. The Bertz CT molecular complexity index is 1150. The zero-order chi connectivity index (χ0) is 31.0. The number of hydrogen-bond acceptors (Lipinski definition) is 8. The fourth-order valence-corrected chi connectivity index (χ4v) is 7.93. The molecular formula is C27H40F2N6O6S. The van der Waals surface area contributed by atoms with Crippen LogP contribution in [0.25, 0.3) is 0 Å². The molecule has 0 aromatic rings. The lowest BCUT2D eigenvalue weighted by atomic mass is 9.78. The SMILES string of the molecule is CC(C)CC(N)C(=O)N[C@H]1CCN(C(=O)[C@@H]2C[C@H](SC3=C(C(=O)O)N4C(=O)[C@H](C(C)NC(=O)C(F)F)[C@H]4[C@H]3C)CN2)C1. The largest absolute Gasteiger partial charge is 0.477 e. The number of fused-ring (bicyclic) bond motifs is 1. The number of carbonyl (C=O) groups is 5. The van der Waals surface area contributed by atoms with Crippen LogP contribution in [-0.4, -0.2) is 106 Å². The molecule has 0 aliphatic carbocycles. The van der Waals surface area contributed by atoms with Crippen molar-refractivity contribution in [1.82, 2.24) is 25.8 Å². The molecule has 0 spiro atoms. The van der Waals surface area contributed by atoms with E-state index in [0.29, 0.717) is 49.7 Å². The molecule has 42 heavy (non-hydrogen) atoms. The maximum atomic E-state index is 13.3. The number of likely N-dealkylation sites (tertiary alicyclic amines) is 1. The molecule has 4 aliphatic heterocycles. The summed E-state index contributed by atoms with van der Waals surface area (Å²) < 4.78 is 25.5. The Morgan fingerprint density at radius 3 is 2.50 bits per heavy atom. The van der Waals surface area contributed by atoms with Crippen LogP contribution >= 0.6 is 11.8 Å². The lowest BCUT2D eigenvalue weighted by molar-refractivity contribution is -0.159. The average Bonchev–Trinajstić information content (AvgIpc) is 3.61. The van der Waals surface area contributed by atoms with Gasteiger partial charge < -0.3 is 36.6 Å². The maximum Gasteiger partial charge on any atom is 0.353 e. The lowest BCUT2D eigenvalue weighted by Gasteiger charge is -2.47. The summed E-state index contributed by atoms with van der Waals surface area (Å²) in [6.45, 7) is 8.58. The van der Waals surface area contributed by atoms with Gasteiger partial charge in [0.25, 0.3) is 5.91 Å². The highest BCUT2D eigenvalue weighted by atomic mass is 32.2. The second-order valence-electron chi connectivity index (χ2n) is 12.1. The Morgan fingerprint density at radius 2 is 1.88 bits per heavy atom. The molecule has 15 heteroatoms. The Morgan fingerprint density at radius 1 is 1.19 bits per heavy atom. The number of nitrogens with one attached hydrogen (secondary N) is 3. The van der Waals surface area contributed by atoms with Crippen LogP contribution in [0.15, 0.2) is 10.6 Å². The topological polar surface area (TPSA) is 174 Å². The van der Waals surface area contributed by atoms with Gasteiger partial charge in [-0.2, -0.15) is 8.78 Å². The van der Waals surface area contributed by atoms with Gasteiger partial charge in [-0.3, -0.25) is 19.2 Å².